The lowest BCUT2D eigenvalue weighted by Crippen LogP contribution is -2.18. The Labute approximate surface area is 77.2 Å². The van der Waals surface area contributed by atoms with E-state index in [1.807, 2.05) is 24.3 Å². The highest BCUT2D eigenvalue weighted by atomic mass is 35.5. The molecule has 1 aliphatic rings. The van der Waals surface area contributed by atoms with Crippen molar-refractivity contribution in [3.05, 3.63) is 35.9 Å². The highest BCUT2D eigenvalue weighted by Gasteiger charge is 2.24. The Morgan fingerprint density at radius 2 is 2.45 bits per heavy atom. The van der Waals surface area contributed by atoms with Gasteiger partial charge in [-0.25, -0.2) is 0 Å². The van der Waals surface area contributed by atoms with Crippen LogP contribution in [0.4, 0.5) is 0 Å². The van der Waals surface area contributed by atoms with Gasteiger partial charge < -0.3 is 0 Å². The maximum absolute atomic E-state index is 6.19. The van der Waals surface area contributed by atoms with Crippen LogP contribution in [0.5, 0.6) is 0 Å². The van der Waals surface area contributed by atoms with Gasteiger partial charge in [0.25, 0.3) is 0 Å². The summed E-state index contributed by atoms with van der Waals surface area (Å²) in [6.45, 7) is 3.64. The standard InChI is InChI=1S/C9H10Cl2/c1-2-5-9(11)6-3-4-8(10)7-9/h2-4,6H,1,5,7H2. The summed E-state index contributed by atoms with van der Waals surface area (Å²) >= 11 is 12.0. The fourth-order valence-corrected chi connectivity index (χ4v) is 1.81. The Hall–Kier alpha value is -0.200. The zero-order chi connectivity index (χ0) is 8.32. The van der Waals surface area contributed by atoms with Crippen molar-refractivity contribution in [3.8, 4) is 0 Å². The average molecular weight is 189 g/mol. The highest BCUT2D eigenvalue weighted by Crippen LogP contribution is 2.34. The smallest absolute Gasteiger partial charge is 0.0712 e. The molecule has 0 radical (unpaired) electrons. The van der Waals surface area contributed by atoms with Gasteiger partial charge in [0.15, 0.2) is 0 Å². The number of allylic oxidation sites excluding steroid dienone is 5. The van der Waals surface area contributed by atoms with E-state index in [4.69, 9.17) is 23.2 Å². The topological polar surface area (TPSA) is 0 Å². The van der Waals surface area contributed by atoms with E-state index >= 15 is 0 Å². The monoisotopic (exact) mass is 188 g/mol. The van der Waals surface area contributed by atoms with Crippen LogP contribution in [-0.2, 0) is 0 Å². The van der Waals surface area contributed by atoms with E-state index in [0.29, 0.717) is 6.42 Å². The minimum Gasteiger partial charge on any atom is -0.114 e. The largest absolute Gasteiger partial charge is 0.114 e. The maximum atomic E-state index is 6.19. The van der Waals surface area contributed by atoms with Gasteiger partial charge in [0, 0.05) is 11.5 Å². The first-order valence-corrected chi connectivity index (χ1v) is 4.26. The minimum absolute atomic E-state index is 0.326. The molecule has 0 spiro atoms. The van der Waals surface area contributed by atoms with Crippen LogP contribution >= 0.6 is 23.2 Å². The normalized spacial score (nSPS) is 29.8. The van der Waals surface area contributed by atoms with Crippen molar-refractivity contribution >= 4 is 23.2 Å². The molecule has 0 aromatic heterocycles. The van der Waals surface area contributed by atoms with E-state index in [9.17, 15) is 0 Å². The second kappa shape index (κ2) is 3.46. The van der Waals surface area contributed by atoms with Gasteiger partial charge in [-0.1, -0.05) is 29.8 Å². The number of halogens is 2. The molecule has 0 saturated carbocycles. The first kappa shape index (κ1) is 8.89. The number of alkyl halides is 1. The highest BCUT2D eigenvalue weighted by molar-refractivity contribution is 6.32. The van der Waals surface area contributed by atoms with Gasteiger partial charge in [0.1, 0.15) is 0 Å². The summed E-state index contributed by atoms with van der Waals surface area (Å²) in [6.07, 6.45) is 9.00. The second-order valence-corrected chi connectivity index (χ2v) is 3.92. The third kappa shape index (κ3) is 2.39. The van der Waals surface area contributed by atoms with Gasteiger partial charge >= 0.3 is 0 Å². The molecule has 1 rings (SSSR count). The van der Waals surface area contributed by atoms with Gasteiger partial charge in [-0.3, -0.25) is 0 Å². The van der Waals surface area contributed by atoms with E-state index in [1.54, 1.807) is 0 Å². The Balaban J connectivity index is 2.69. The summed E-state index contributed by atoms with van der Waals surface area (Å²) < 4.78 is 0. The first-order valence-electron chi connectivity index (χ1n) is 3.50. The van der Waals surface area contributed by atoms with Crippen LogP contribution in [0, 0.1) is 0 Å². The van der Waals surface area contributed by atoms with Gasteiger partial charge in [-0.05, 0) is 12.5 Å². The van der Waals surface area contributed by atoms with E-state index in [2.05, 4.69) is 6.58 Å². The second-order valence-electron chi connectivity index (χ2n) is 2.68. The van der Waals surface area contributed by atoms with Crippen molar-refractivity contribution in [1.29, 1.82) is 0 Å². The molecule has 2 heteroatoms. The molecular weight excluding hydrogens is 179 g/mol. The molecular formula is C9H10Cl2. The molecule has 1 unspecified atom stereocenters. The van der Waals surface area contributed by atoms with Crippen molar-refractivity contribution in [2.45, 2.75) is 17.7 Å². The Bertz CT molecular complexity index is 216. The molecule has 60 valence electrons. The van der Waals surface area contributed by atoms with Gasteiger partial charge in [0.05, 0.1) is 4.87 Å². The molecule has 0 fully saturated rings. The zero-order valence-electron chi connectivity index (χ0n) is 6.19. The van der Waals surface area contributed by atoms with E-state index in [1.165, 1.54) is 0 Å². The minimum atomic E-state index is -0.326. The molecule has 1 atom stereocenters. The predicted octanol–water partition coefficient (Wildman–Crippen LogP) is 3.62. The molecule has 1 aliphatic carbocycles. The van der Waals surface area contributed by atoms with E-state index in [0.717, 1.165) is 11.5 Å². The lowest BCUT2D eigenvalue weighted by atomic mass is 9.96. The zero-order valence-corrected chi connectivity index (χ0v) is 7.70. The van der Waals surface area contributed by atoms with Crippen LogP contribution in [-0.4, -0.2) is 4.87 Å². The number of hydrogen-bond donors (Lipinski definition) is 0. The summed E-state index contributed by atoms with van der Waals surface area (Å²) in [4.78, 5) is -0.326. The van der Waals surface area contributed by atoms with Gasteiger partial charge in [-0.15, -0.1) is 18.2 Å². The fourth-order valence-electron chi connectivity index (χ4n) is 1.10. The predicted molar refractivity (Wildman–Crippen MR) is 51.1 cm³/mol. The fraction of sp³-hybridized carbons (Fsp3) is 0.333. The molecule has 0 bridgehead atoms. The Kier molecular flexibility index (Phi) is 2.80. The average Bonchev–Trinajstić information content (AvgIpc) is 1.86. The molecule has 11 heavy (non-hydrogen) atoms. The lowest BCUT2D eigenvalue weighted by molar-refractivity contribution is 0.707. The van der Waals surface area contributed by atoms with Crippen LogP contribution in [0.25, 0.3) is 0 Å². The van der Waals surface area contributed by atoms with Crippen LogP contribution in [0.15, 0.2) is 35.9 Å². The SMILES string of the molecule is C=CCC1(Cl)C=CC=C(Cl)C1. The van der Waals surface area contributed by atoms with Crippen LogP contribution in [0.2, 0.25) is 0 Å². The first-order chi connectivity index (χ1) is 5.16. The third-order valence-electron chi connectivity index (χ3n) is 1.62. The van der Waals surface area contributed by atoms with Gasteiger partial charge in [0.2, 0.25) is 0 Å². The van der Waals surface area contributed by atoms with Crippen molar-refractivity contribution in [3.63, 3.8) is 0 Å². The van der Waals surface area contributed by atoms with Crippen LogP contribution in [0.1, 0.15) is 12.8 Å². The third-order valence-corrected chi connectivity index (χ3v) is 2.29. The number of hydrogen-bond acceptors (Lipinski definition) is 0. The lowest BCUT2D eigenvalue weighted by Gasteiger charge is -2.23. The molecule has 0 saturated heterocycles. The van der Waals surface area contributed by atoms with Gasteiger partial charge in [-0.2, -0.15) is 0 Å². The Morgan fingerprint density at radius 3 is 3.00 bits per heavy atom. The van der Waals surface area contributed by atoms with Crippen molar-refractivity contribution in [1.82, 2.24) is 0 Å². The summed E-state index contributed by atoms with van der Waals surface area (Å²) in [7, 11) is 0. The molecule has 0 nitrogen and oxygen atoms in total. The van der Waals surface area contributed by atoms with Crippen LogP contribution in [0.3, 0.4) is 0 Å². The Morgan fingerprint density at radius 1 is 1.73 bits per heavy atom. The van der Waals surface area contributed by atoms with E-state index < -0.39 is 0 Å². The molecule has 0 aliphatic heterocycles. The van der Waals surface area contributed by atoms with Crippen LogP contribution < -0.4 is 0 Å². The van der Waals surface area contributed by atoms with E-state index in [-0.39, 0.29) is 4.87 Å². The summed E-state index contributed by atoms with van der Waals surface area (Å²) in [5.74, 6) is 0. The molecule has 0 aromatic carbocycles. The molecule has 0 N–H and O–H groups in total. The quantitative estimate of drug-likeness (QED) is 0.459. The summed E-state index contributed by atoms with van der Waals surface area (Å²) in [6, 6.07) is 0. The number of rotatable bonds is 2. The maximum Gasteiger partial charge on any atom is 0.0712 e. The van der Waals surface area contributed by atoms with Crippen molar-refractivity contribution < 1.29 is 0 Å². The van der Waals surface area contributed by atoms with Crippen molar-refractivity contribution in [2.24, 2.45) is 0 Å². The molecule has 0 amide bonds. The van der Waals surface area contributed by atoms with Crippen molar-refractivity contribution in [2.75, 3.05) is 0 Å². The summed E-state index contributed by atoms with van der Waals surface area (Å²) in [5, 5.41) is 0.810. The molecule has 0 heterocycles. The summed E-state index contributed by atoms with van der Waals surface area (Å²) in [5.41, 5.74) is 0. The molecule has 0 aromatic rings.